The second-order valence-electron chi connectivity index (χ2n) is 7.88. The maximum absolute atomic E-state index is 10.7. The lowest BCUT2D eigenvalue weighted by molar-refractivity contribution is -0.0663. The molecule has 0 radical (unpaired) electrons. The Morgan fingerprint density at radius 2 is 1.29 bits per heavy atom. The van der Waals surface area contributed by atoms with Crippen LogP contribution in [-0.4, -0.2) is 21.4 Å². The number of hydrogen-bond donors (Lipinski definition) is 2. The van der Waals surface area contributed by atoms with Crippen LogP contribution < -0.4 is 0 Å². The summed E-state index contributed by atoms with van der Waals surface area (Å²) in [7, 11) is 0. The molecule has 0 unspecified atom stereocenters. The molecule has 3 aliphatic rings. The number of hydrogen-bond acceptors (Lipinski definition) is 2. The van der Waals surface area contributed by atoms with E-state index < -0.39 is 11.2 Å². The molecule has 3 saturated carbocycles. The summed E-state index contributed by atoms with van der Waals surface area (Å²) >= 11 is 0. The Kier molecular flexibility index (Phi) is 2.17. The first kappa shape index (κ1) is 12.0. The molecule has 98 valence electrons. The van der Waals surface area contributed by atoms with Crippen LogP contribution in [0.5, 0.6) is 0 Å². The van der Waals surface area contributed by atoms with Crippen LogP contribution in [0, 0.1) is 29.1 Å². The molecule has 2 N–H and O–H groups in total. The highest BCUT2D eigenvalue weighted by molar-refractivity contribution is 5.18. The van der Waals surface area contributed by atoms with Gasteiger partial charge in [-0.3, -0.25) is 0 Å². The van der Waals surface area contributed by atoms with Crippen molar-refractivity contribution in [2.24, 2.45) is 29.1 Å². The minimum Gasteiger partial charge on any atom is -0.390 e. The van der Waals surface area contributed by atoms with Gasteiger partial charge in [0.1, 0.15) is 0 Å². The van der Waals surface area contributed by atoms with Gasteiger partial charge in [0.15, 0.2) is 0 Å². The Morgan fingerprint density at radius 1 is 0.765 bits per heavy atom. The smallest absolute Gasteiger partial charge is 0.0654 e. The molecule has 2 nitrogen and oxygen atoms in total. The molecule has 0 heterocycles. The van der Waals surface area contributed by atoms with Gasteiger partial charge in [-0.05, 0) is 68.6 Å². The molecule has 2 heteroatoms. The number of rotatable bonds is 0. The molecular weight excluding hydrogens is 212 g/mol. The van der Waals surface area contributed by atoms with Gasteiger partial charge in [-0.15, -0.1) is 0 Å². The highest BCUT2D eigenvalue weighted by Crippen LogP contribution is 2.71. The lowest BCUT2D eigenvalue weighted by atomic mass is 9.73. The summed E-state index contributed by atoms with van der Waals surface area (Å²) in [5.41, 5.74) is -0.738. The third-order valence-corrected chi connectivity index (χ3v) is 6.40. The first-order chi connectivity index (χ1) is 7.68. The first-order valence-electron chi connectivity index (χ1n) is 7.13. The topological polar surface area (TPSA) is 40.5 Å². The average molecular weight is 238 g/mol. The summed E-state index contributed by atoms with van der Waals surface area (Å²) in [6.45, 7) is 8.66. The minimum absolute atomic E-state index is 0.300. The Morgan fingerprint density at radius 3 is 1.94 bits per heavy atom. The normalized spacial score (nSPS) is 60.4. The van der Waals surface area contributed by atoms with E-state index in [1.54, 1.807) is 0 Å². The molecule has 0 aromatic rings. The van der Waals surface area contributed by atoms with Crippen molar-refractivity contribution in [3.05, 3.63) is 0 Å². The maximum Gasteiger partial charge on any atom is 0.0654 e. The van der Waals surface area contributed by atoms with E-state index in [0.29, 0.717) is 29.1 Å². The van der Waals surface area contributed by atoms with E-state index in [1.807, 2.05) is 13.8 Å². The Labute approximate surface area is 104 Å². The molecule has 0 spiro atoms. The molecule has 3 rings (SSSR count). The third kappa shape index (κ3) is 1.46. The third-order valence-electron chi connectivity index (χ3n) is 6.40. The molecule has 0 bridgehead atoms. The van der Waals surface area contributed by atoms with Crippen molar-refractivity contribution in [2.75, 3.05) is 0 Å². The zero-order valence-corrected chi connectivity index (χ0v) is 11.5. The van der Waals surface area contributed by atoms with Crippen molar-refractivity contribution in [1.82, 2.24) is 0 Å². The summed E-state index contributed by atoms with van der Waals surface area (Å²) < 4.78 is 0. The van der Waals surface area contributed by atoms with Gasteiger partial charge in [0.25, 0.3) is 0 Å². The van der Waals surface area contributed by atoms with Crippen molar-refractivity contribution < 1.29 is 10.2 Å². The number of fused-ring (bicyclic) bond motifs is 3. The molecule has 3 aliphatic carbocycles. The highest BCUT2D eigenvalue weighted by Gasteiger charge is 2.69. The molecule has 0 saturated heterocycles. The summed E-state index contributed by atoms with van der Waals surface area (Å²) in [5, 5.41) is 21.3. The SMILES string of the molecule is CC1(C)[C@H]2[C@H]3[C@@H](CC[C@]3(C)O)[C@@](C)(O)CC[C@H]21. The van der Waals surface area contributed by atoms with Crippen LogP contribution in [0.3, 0.4) is 0 Å². The van der Waals surface area contributed by atoms with Gasteiger partial charge in [-0.2, -0.15) is 0 Å². The van der Waals surface area contributed by atoms with Crippen molar-refractivity contribution >= 4 is 0 Å². The zero-order valence-electron chi connectivity index (χ0n) is 11.5. The van der Waals surface area contributed by atoms with E-state index in [-0.39, 0.29) is 0 Å². The second-order valence-corrected chi connectivity index (χ2v) is 7.88. The fourth-order valence-electron chi connectivity index (χ4n) is 5.25. The molecule has 0 aromatic heterocycles. The van der Waals surface area contributed by atoms with Crippen LogP contribution in [0.25, 0.3) is 0 Å². The Hall–Kier alpha value is -0.0800. The van der Waals surface area contributed by atoms with E-state index in [9.17, 15) is 10.2 Å². The molecule has 3 fully saturated rings. The maximum atomic E-state index is 10.7. The van der Waals surface area contributed by atoms with Crippen LogP contribution in [0.4, 0.5) is 0 Å². The zero-order chi connectivity index (χ0) is 12.6. The van der Waals surface area contributed by atoms with E-state index in [2.05, 4.69) is 13.8 Å². The van der Waals surface area contributed by atoms with Gasteiger partial charge < -0.3 is 10.2 Å². The fraction of sp³-hybridized carbons (Fsp3) is 1.00. The largest absolute Gasteiger partial charge is 0.390 e. The van der Waals surface area contributed by atoms with Crippen LogP contribution >= 0.6 is 0 Å². The minimum atomic E-state index is -0.561. The van der Waals surface area contributed by atoms with Crippen molar-refractivity contribution in [3.63, 3.8) is 0 Å². The van der Waals surface area contributed by atoms with Crippen LogP contribution in [-0.2, 0) is 0 Å². The molecular formula is C15H26O2. The highest BCUT2D eigenvalue weighted by atomic mass is 16.3. The lowest BCUT2D eigenvalue weighted by Gasteiger charge is -2.37. The summed E-state index contributed by atoms with van der Waals surface area (Å²) in [4.78, 5) is 0. The van der Waals surface area contributed by atoms with Gasteiger partial charge in [0, 0.05) is 0 Å². The first-order valence-corrected chi connectivity index (χ1v) is 7.13. The monoisotopic (exact) mass is 238 g/mol. The van der Waals surface area contributed by atoms with E-state index in [0.717, 1.165) is 25.7 Å². The predicted octanol–water partition coefficient (Wildman–Crippen LogP) is 2.58. The standard InChI is InChI=1S/C15H26O2/c1-13(2)9-5-7-14(3,16)10-6-8-15(4,17)12(10)11(9)13/h9-12,16-17H,5-8H2,1-4H3/t9-,10-,11-,12-,14+,15+/m1/s1. The van der Waals surface area contributed by atoms with Crippen LogP contribution in [0.1, 0.15) is 53.4 Å². The Balaban J connectivity index is 1.99. The lowest BCUT2D eigenvalue weighted by Crippen LogP contribution is -2.43. The van der Waals surface area contributed by atoms with Crippen molar-refractivity contribution in [1.29, 1.82) is 0 Å². The molecule has 0 amide bonds. The van der Waals surface area contributed by atoms with E-state index >= 15 is 0 Å². The van der Waals surface area contributed by atoms with Crippen LogP contribution in [0.2, 0.25) is 0 Å². The Bertz CT molecular complexity index is 343. The predicted molar refractivity (Wildman–Crippen MR) is 67.5 cm³/mol. The van der Waals surface area contributed by atoms with Gasteiger partial charge in [-0.1, -0.05) is 13.8 Å². The van der Waals surface area contributed by atoms with Crippen LogP contribution in [0.15, 0.2) is 0 Å². The molecule has 0 aromatic carbocycles. The average Bonchev–Trinajstić information content (AvgIpc) is 2.59. The molecule has 6 atom stereocenters. The van der Waals surface area contributed by atoms with E-state index in [1.165, 1.54) is 0 Å². The van der Waals surface area contributed by atoms with Gasteiger partial charge in [0.05, 0.1) is 11.2 Å². The van der Waals surface area contributed by atoms with Gasteiger partial charge in [0.2, 0.25) is 0 Å². The van der Waals surface area contributed by atoms with Crippen molar-refractivity contribution in [3.8, 4) is 0 Å². The number of aliphatic hydroxyl groups is 2. The molecule has 0 aliphatic heterocycles. The fourth-order valence-corrected chi connectivity index (χ4v) is 5.25. The van der Waals surface area contributed by atoms with Gasteiger partial charge >= 0.3 is 0 Å². The summed E-state index contributed by atoms with van der Waals surface area (Å²) in [6.07, 6.45) is 3.89. The molecule has 17 heavy (non-hydrogen) atoms. The summed E-state index contributed by atoms with van der Waals surface area (Å²) in [5.74, 6) is 1.95. The summed E-state index contributed by atoms with van der Waals surface area (Å²) in [6, 6.07) is 0. The van der Waals surface area contributed by atoms with Crippen molar-refractivity contribution in [2.45, 2.75) is 64.6 Å². The van der Waals surface area contributed by atoms with Gasteiger partial charge in [-0.25, -0.2) is 0 Å². The second kappa shape index (κ2) is 3.08. The quantitative estimate of drug-likeness (QED) is 0.681. The van der Waals surface area contributed by atoms with E-state index in [4.69, 9.17) is 0 Å².